The highest BCUT2D eigenvalue weighted by Gasteiger charge is 2.20. The van der Waals surface area contributed by atoms with Gasteiger partial charge < -0.3 is 28.2 Å². The fraction of sp³-hybridized carbons (Fsp3) is 0.905. The maximum atomic E-state index is 12.1. The molecule has 174 valence electrons. The monoisotopic (exact) mass is 436 g/mol. The van der Waals surface area contributed by atoms with Gasteiger partial charge in [0.25, 0.3) is 0 Å². The van der Waals surface area contributed by atoms with E-state index in [9.17, 15) is 9.59 Å². The van der Waals surface area contributed by atoms with Crippen molar-refractivity contribution in [2.24, 2.45) is 5.73 Å². The van der Waals surface area contributed by atoms with Crippen LogP contribution in [0.1, 0.15) is 96.8 Å². The van der Waals surface area contributed by atoms with E-state index in [-0.39, 0.29) is 24.6 Å². The summed E-state index contributed by atoms with van der Waals surface area (Å²) in [6.07, 6.45) is 15.1. The molecule has 0 saturated heterocycles. The number of hydrogen-bond donors (Lipinski definition) is 4. The molecule has 0 aromatic rings. The first-order valence-electron chi connectivity index (χ1n) is 11.2. The second-order valence-electron chi connectivity index (χ2n) is 7.63. The second kappa shape index (κ2) is 21.8. The predicted molar refractivity (Wildman–Crippen MR) is 113 cm³/mol. The summed E-state index contributed by atoms with van der Waals surface area (Å²) < 4.78 is 4.79. The van der Waals surface area contributed by atoms with Crippen LogP contribution < -0.4 is 34.5 Å². The van der Waals surface area contributed by atoms with Crippen molar-refractivity contribution in [3.8, 4) is 0 Å². The molecule has 0 aliphatic carbocycles. The molecule has 0 spiro atoms. The maximum Gasteiger partial charge on any atom is 0.328 e. The van der Waals surface area contributed by atoms with Gasteiger partial charge in [-0.1, -0.05) is 71.1 Å². The molecular weight excluding hydrogens is 392 g/mol. The third kappa shape index (κ3) is 20.2. The Morgan fingerprint density at radius 1 is 0.931 bits per heavy atom. The van der Waals surface area contributed by atoms with Crippen molar-refractivity contribution in [2.75, 3.05) is 13.7 Å². The van der Waals surface area contributed by atoms with Crippen LogP contribution in [0.5, 0.6) is 0 Å². The lowest BCUT2D eigenvalue weighted by atomic mass is 10.0. The molecule has 0 fully saturated rings. The summed E-state index contributed by atoms with van der Waals surface area (Å²) in [5.41, 5.74) is 9.16. The Balaban J connectivity index is 0. The van der Waals surface area contributed by atoms with E-state index in [2.05, 4.69) is 23.3 Å². The molecule has 1 amide bonds. The van der Waals surface area contributed by atoms with Crippen molar-refractivity contribution < 1.29 is 32.5 Å². The van der Waals surface area contributed by atoms with E-state index in [1.807, 2.05) is 0 Å². The number of nitrogens with one attached hydrogen (secondary N) is 2. The van der Waals surface area contributed by atoms with Crippen molar-refractivity contribution in [1.82, 2.24) is 10.6 Å². The lowest BCUT2D eigenvalue weighted by molar-refractivity contribution is -0.427. The van der Waals surface area contributed by atoms with Gasteiger partial charge in [-0.15, -0.1) is 0 Å². The maximum absolute atomic E-state index is 12.1. The number of carbonyl (C=O) groups excluding carboxylic acids is 2. The molecule has 8 heteroatoms. The number of halogens is 1. The number of ether oxygens (including phenoxy) is 1. The fourth-order valence-corrected chi connectivity index (χ4v) is 3.20. The Labute approximate surface area is 183 Å². The molecule has 0 aliphatic heterocycles. The van der Waals surface area contributed by atoms with Crippen LogP contribution in [0.3, 0.4) is 0 Å². The average Bonchev–Trinajstić information content (AvgIpc) is 2.67. The number of methoxy groups -OCH3 is 1. The molecular formula is C21H45ClN4O3. The molecule has 0 aliphatic rings. The molecule has 7 nitrogen and oxygen atoms in total. The predicted octanol–water partition coefficient (Wildman–Crippen LogP) is -0.797. The Kier molecular flexibility index (Phi) is 22.8. The highest BCUT2D eigenvalue weighted by atomic mass is 35.5. The number of nitrogens with two attached hydrogens (primary N) is 1. The minimum absolute atomic E-state index is 0. The summed E-state index contributed by atoms with van der Waals surface area (Å²) in [6, 6.07) is -0.590. The Hall–Kier alpha value is -0.890. The topological polar surface area (TPSA) is 121 Å². The van der Waals surface area contributed by atoms with E-state index in [0.717, 1.165) is 12.8 Å². The van der Waals surface area contributed by atoms with E-state index in [1.165, 1.54) is 64.9 Å². The van der Waals surface area contributed by atoms with Crippen molar-refractivity contribution in [1.29, 1.82) is 0 Å². The van der Waals surface area contributed by atoms with Crippen LogP contribution in [-0.4, -0.2) is 37.9 Å². The first kappa shape index (κ1) is 30.3. The summed E-state index contributed by atoms with van der Waals surface area (Å²) >= 11 is 0. The Bertz CT molecular complexity index is 398. The van der Waals surface area contributed by atoms with Gasteiger partial charge in [0.2, 0.25) is 5.91 Å². The fourth-order valence-electron chi connectivity index (χ4n) is 3.20. The number of carbonyl (C=O) groups is 2. The standard InChI is InChI=1S/C21H44N4O3.ClH/c1-3-4-5-6-7-8-9-10-11-12-13-16-19(26)25-18(20(27)28-2)15-14-17-24-21(22)23;/h18,21,24H,3-17,22-23H2,1-2H3,(H,25,26);1H. The van der Waals surface area contributed by atoms with Crippen molar-refractivity contribution in [3.63, 3.8) is 0 Å². The van der Waals surface area contributed by atoms with E-state index in [0.29, 0.717) is 25.8 Å². The van der Waals surface area contributed by atoms with Gasteiger partial charge in [0.1, 0.15) is 6.04 Å². The zero-order chi connectivity index (χ0) is 21.0. The number of quaternary nitrogens is 1. The lowest BCUT2D eigenvalue weighted by Gasteiger charge is -2.16. The molecule has 2 unspecified atom stereocenters. The summed E-state index contributed by atoms with van der Waals surface area (Å²) in [5, 5.41) is 5.79. The summed E-state index contributed by atoms with van der Waals surface area (Å²) in [5.74, 6) is -0.473. The molecule has 0 aromatic carbocycles. The zero-order valence-corrected chi connectivity index (χ0v) is 19.4. The van der Waals surface area contributed by atoms with Crippen LogP contribution in [-0.2, 0) is 14.3 Å². The summed E-state index contributed by atoms with van der Waals surface area (Å²) in [6.45, 7) is 2.89. The Morgan fingerprint density at radius 3 is 1.93 bits per heavy atom. The Morgan fingerprint density at radius 2 is 1.45 bits per heavy atom. The largest absolute Gasteiger partial charge is 1.00 e. The molecule has 0 rings (SSSR count). The third-order valence-electron chi connectivity index (χ3n) is 4.90. The normalized spacial score (nSPS) is 12.7. The van der Waals surface area contributed by atoms with Gasteiger partial charge in [-0.25, -0.2) is 4.79 Å². The molecule has 0 radical (unpaired) electrons. The summed E-state index contributed by atoms with van der Waals surface area (Å²) in [4.78, 5) is 24.0. The van der Waals surface area contributed by atoms with Gasteiger partial charge >= 0.3 is 5.97 Å². The SMILES string of the molecule is CCCCCCCCCCCCCC(=O)NC(CCCNC(N)[NH3+])C(=O)OC.[Cl-]. The van der Waals surface area contributed by atoms with Crippen LogP contribution in [0.4, 0.5) is 0 Å². The number of esters is 1. The quantitative estimate of drug-likeness (QED) is 0.120. The lowest BCUT2D eigenvalue weighted by Crippen LogP contribution is -3.00. The molecule has 0 saturated carbocycles. The third-order valence-corrected chi connectivity index (χ3v) is 4.90. The van der Waals surface area contributed by atoms with Gasteiger partial charge in [-0.2, -0.15) is 0 Å². The number of amides is 1. The minimum atomic E-state index is -0.590. The summed E-state index contributed by atoms with van der Waals surface area (Å²) in [7, 11) is 1.34. The van der Waals surface area contributed by atoms with Crippen LogP contribution in [0.15, 0.2) is 0 Å². The molecule has 0 heterocycles. The number of hydrogen-bond acceptors (Lipinski definition) is 5. The molecule has 7 N–H and O–H groups in total. The van der Waals surface area contributed by atoms with Gasteiger partial charge in [-0.3, -0.25) is 15.8 Å². The van der Waals surface area contributed by atoms with Crippen molar-refractivity contribution in [3.05, 3.63) is 0 Å². The van der Waals surface area contributed by atoms with Gasteiger partial charge in [0, 0.05) is 13.0 Å². The average molecular weight is 437 g/mol. The highest BCUT2D eigenvalue weighted by Crippen LogP contribution is 2.12. The highest BCUT2D eigenvalue weighted by molar-refractivity contribution is 5.84. The first-order chi connectivity index (χ1) is 13.5. The van der Waals surface area contributed by atoms with E-state index in [1.54, 1.807) is 0 Å². The van der Waals surface area contributed by atoms with Gasteiger partial charge in [0.15, 0.2) is 6.29 Å². The smallest absolute Gasteiger partial charge is 0.328 e. The van der Waals surface area contributed by atoms with Crippen molar-refractivity contribution >= 4 is 11.9 Å². The van der Waals surface area contributed by atoms with Crippen LogP contribution in [0.25, 0.3) is 0 Å². The van der Waals surface area contributed by atoms with Crippen molar-refractivity contribution in [2.45, 2.75) is 109 Å². The number of unbranched alkanes of at least 4 members (excludes halogenated alkanes) is 10. The van der Waals surface area contributed by atoms with E-state index >= 15 is 0 Å². The van der Waals surface area contributed by atoms with E-state index in [4.69, 9.17) is 10.5 Å². The molecule has 29 heavy (non-hydrogen) atoms. The van der Waals surface area contributed by atoms with Gasteiger partial charge in [0.05, 0.1) is 7.11 Å². The van der Waals surface area contributed by atoms with Crippen LogP contribution in [0.2, 0.25) is 0 Å². The van der Waals surface area contributed by atoms with Gasteiger partial charge in [-0.05, 0) is 19.3 Å². The first-order valence-corrected chi connectivity index (χ1v) is 11.2. The second-order valence-corrected chi connectivity index (χ2v) is 7.63. The minimum Gasteiger partial charge on any atom is -1.00 e. The van der Waals surface area contributed by atoms with E-state index < -0.39 is 12.0 Å². The van der Waals surface area contributed by atoms with Crippen LogP contribution >= 0.6 is 0 Å². The molecule has 2 atom stereocenters. The molecule has 0 bridgehead atoms. The van der Waals surface area contributed by atoms with Crippen LogP contribution in [0, 0.1) is 0 Å². The number of rotatable bonds is 19. The zero-order valence-electron chi connectivity index (χ0n) is 18.6. The molecule has 0 aromatic heterocycles.